The molecule has 2 amide bonds. The molecule has 0 radical (unpaired) electrons. The molecule has 0 saturated carbocycles. The fourth-order valence-electron chi connectivity index (χ4n) is 1.42. The van der Waals surface area contributed by atoms with Crippen molar-refractivity contribution in [1.29, 1.82) is 0 Å². The van der Waals surface area contributed by atoms with E-state index in [-0.39, 0.29) is 10.8 Å². The molecule has 0 aliphatic carbocycles. The number of halogens is 3. The number of rotatable bonds is 2. The molecule has 0 unspecified atom stereocenters. The highest BCUT2D eigenvalue weighted by atomic mass is 32.2. The average molecular weight is 335 g/mol. The highest BCUT2D eigenvalue weighted by molar-refractivity contribution is 8.13. The van der Waals surface area contributed by atoms with Gasteiger partial charge in [0.15, 0.2) is 0 Å². The van der Waals surface area contributed by atoms with Crippen LogP contribution in [0.4, 0.5) is 18.0 Å². The highest BCUT2D eigenvalue weighted by Crippen LogP contribution is 2.08. The van der Waals surface area contributed by atoms with Crippen molar-refractivity contribution in [3.8, 4) is 0 Å². The zero-order valence-corrected chi connectivity index (χ0v) is 12.4. The minimum Gasteiger partial charge on any atom is -0.347 e. The lowest BCUT2D eigenvalue weighted by Crippen LogP contribution is -2.46. The second-order valence-electron chi connectivity index (χ2n) is 4.21. The van der Waals surface area contributed by atoms with Crippen LogP contribution >= 0.6 is 11.8 Å². The third-order valence-corrected chi connectivity index (χ3v) is 3.33. The molecular formula is C13H16F3N3O2S. The zero-order chi connectivity index (χ0) is 16.4. The number of amides is 2. The van der Waals surface area contributed by atoms with Crippen LogP contribution in [0.2, 0.25) is 0 Å². The zero-order valence-electron chi connectivity index (χ0n) is 11.6. The highest BCUT2D eigenvalue weighted by Gasteiger charge is 2.27. The van der Waals surface area contributed by atoms with Gasteiger partial charge in [-0.1, -0.05) is 30.0 Å². The Hall–Kier alpha value is -1.74. The summed E-state index contributed by atoms with van der Waals surface area (Å²) in [4.78, 5) is 21.6. The van der Waals surface area contributed by atoms with Gasteiger partial charge in [0.25, 0.3) is 11.1 Å². The van der Waals surface area contributed by atoms with E-state index < -0.39 is 12.2 Å². The summed E-state index contributed by atoms with van der Waals surface area (Å²) in [5, 5.41) is 2.91. The number of nitrogens with one attached hydrogen (secondary N) is 3. The van der Waals surface area contributed by atoms with Crippen LogP contribution in [0, 0.1) is 0 Å². The van der Waals surface area contributed by atoms with Gasteiger partial charge in [-0.25, -0.2) is 0 Å². The van der Waals surface area contributed by atoms with Crippen LogP contribution in [0.5, 0.6) is 0 Å². The normalized spacial score (nSPS) is 15.0. The van der Waals surface area contributed by atoms with E-state index in [1.165, 1.54) is 35.7 Å². The maximum absolute atomic E-state index is 11.6. The predicted octanol–water partition coefficient (Wildman–Crippen LogP) is 2.66. The summed E-state index contributed by atoms with van der Waals surface area (Å²) >= 11 is 1.39. The van der Waals surface area contributed by atoms with E-state index in [0.717, 1.165) is 24.1 Å². The number of thioether (sulfide) groups is 1. The minimum absolute atomic E-state index is 0.141. The van der Waals surface area contributed by atoms with E-state index in [4.69, 9.17) is 0 Å². The summed E-state index contributed by atoms with van der Waals surface area (Å²) in [6, 6.07) is 7.60. The first-order valence-corrected chi connectivity index (χ1v) is 7.47. The Balaban J connectivity index is 0.000000255. The number of alkyl halides is 3. The van der Waals surface area contributed by atoms with Crippen LogP contribution in [-0.2, 0) is 0 Å². The van der Waals surface area contributed by atoms with Gasteiger partial charge in [0.1, 0.15) is 0 Å². The lowest BCUT2D eigenvalue weighted by Gasteiger charge is -2.09. The smallest absolute Gasteiger partial charge is 0.347 e. The van der Waals surface area contributed by atoms with Crippen molar-refractivity contribution in [3.63, 3.8) is 0 Å². The van der Waals surface area contributed by atoms with Crippen molar-refractivity contribution in [2.24, 2.45) is 0 Å². The molecule has 0 spiro atoms. The molecule has 1 aromatic carbocycles. The molecule has 22 heavy (non-hydrogen) atoms. The second-order valence-corrected chi connectivity index (χ2v) is 5.28. The average Bonchev–Trinajstić information content (AvgIpc) is 2.73. The van der Waals surface area contributed by atoms with Crippen LogP contribution in [0.3, 0.4) is 0 Å². The summed E-state index contributed by atoms with van der Waals surface area (Å²) in [5.74, 6) is 0.161. The van der Waals surface area contributed by atoms with Crippen LogP contribution in [-0.4, -0.2) is 29.7 Å². The van der Waals surface area contributed by atoms with E-state index >= 15 is 0 Å². The second kappa shape index (κ2) is 9.31. The number of carbonyl (C=O) groups excluding carboxylic acids is 2. The molecule has 0 aromatic heterocycles. The molecule has 1 heterocycles. The predicted molar refractivity (Wildman–Crippen MR) is 78.2 cm³/mol. The third-order valence-electron chi connectivity index (χ3n) is 2.43. The molecule has 2 rings (SSSR count). The molecule has 0 atom stereocenters. The van der Waals surface area contributed by atoms with Crippen molar-refractivity contribution in [2.75, 3.05) is 12.3 Å². The largest absolute Gasteiger partial charge is 0.474 e. The molecule has 0 bridgehead atoms. The molecule has 5 nitrogen and oxygen atoms in total. The summed E-state index contributed by atoms with van der Waals surface area (Å²) in [6.45, 7) is 0.867. The van der Waals surface area contributed by atoms with Gasteiger partial charge in [0, 0.05) is 17.9 Å². The monoisotopic (exact) mass is 335 g/mol. The molecule has 1 saturated heterocycles. The Morgan fingerprint density at radius 1 is 1.18 bits per heavy atom. The third kappa shape index (κ3) is 8.53. The fraction of sp³-hybridized carbons (Fsp3) is 0.385. The van der Waals surface area contributed by atoms with Gasteiger partial charge < -0.3 is 5.32 Å². The van der Waals surface area contributed by atoms with E-state index in [0.29, 0.717) is 0 Å². The minimum atomic E-state index is -4.62. The fourth-order valence-corrected chi connectivity index (χ4v) is 2.16. The van der Waals surface area contributed by atoms with E-state index in [2.05, 4.69) is 5.32 Å². The molecule has 9 heteroatoms. The molecule has 3 N–H and O–H groups in total. The summed E-state index contributed by atoms with van der Waals surface area (Å²) in [7, 11) is 0. The standard InChI is InChI=1S/C8H7F3N2O.C5H9NOS/c9-8(10,11)13-12-7(14)6-4-2-1-3-5-6;7-5-6-3-1-2-4-8-5/h1-5,13H,(H,12,14);1-4H2,(H,6,7). The maximum atomic E-state index is 11.6. The number of hydrazine groups is 1. The Labute approximate surface area is 130 Å². The van der Waals surface area contributed by atoms with Crippen molar-refractivity contribution < 1.29 is 22.8 Å². The Bertz CT molecular complexity index is 473. The number of hydrogen-bond donors (Lipinski definition) is 3. The van der Waals surface area contributed by atoms with Gasteiger partial charge in [0.2, 0.25) is 0 Å². The molecule has 1 aliphatic heterocycles. The molecular weight excluding hydrogens is 319 g/mol. The molecule has 122 valence electrons. The number of carbonyl (C=O) groups is 2. The van der Waals surface area contributed by atoms with Crippen molar-refractivity contribution in [2.45, 2.75) is 19.1 Å². The van der Waals surface area contributed by atoms with Gasteiger partial charge in [0.05, 0.1) is 0 Å². The Morgan fingerprint density at radius 2 is 1.86 bits per heavy atom. The first kappa shape index (κ1) is 18.3. The van der Waals surface area contributed by atoms with Crippen LogP contribution in [0.15, 0.2) is 30.3 Å². The van der Waals surface area contributed by atoms with Gasteiger partial charge in [-0.2, -0.15) is 13.2 Å². The van der Waals surface area contributed by atoms with Crippen LogP contribution in [0.1, 0.15) is 23.2 Å². The van der Waals surface area contributed by atoms with Crippen molar-refractivity contribution in [3.05, 3.63) is 35.9 Å². The quantitative estimate of drug-likeness (QED) is 0.574. The van der Waals surface area contributed by atoms with Gasteiger partial charge in [-0.15, -0.1) is 5.43 Å². The molecule has 1 aromatic rings. The molecule has 1 fully saturated rings. The van der Waals surface area contributed by atoms with Crippen LogP contribution in [0.25, 0.3) is 0 Å². The van der Waals surface area contributed by atoms with E-state index in [1.54, 1.807) is 18.2 Å². The van der Waals surface area contributed by atoms with E-state index in [9.17, 15) is 22.8 Å². The van der Waals surface area contributed by atoms with Crippen molar-refractivity contribution >= 4 is 22.9 Å². The Kier molecular flexibility index (Phi) is 7.75. The topological polar surface area (TPSA) is 70.2 Å². The van der Waals surface area contributed by atoms with E-state index in [1.807, 2.05) is 0 Å². The van der Waals surface area contributed by atoms with Gasteiger partial charge in [-0.3, -0.25) is 15.0 Å². The van der Waals surface area contributed by atoms with Crippen molar-refractivity contribution in [1.82, 2.24) is 16.2 Å². The Morgan fingerprint density at radius 3 is 2.50 bits per heavy atom. The first-order chi connectivity index (χ1) is 10.4. The first-order valence-electron chi connectivity index (χ1n) is 6.48. The lowest BCUT2D eigenvalue weighted by molar-refractivity contribution is -0.164. The maximum Gasteiger partial charge on any atom is 0.474 e. The lowest BCUT2D eigenvalue weighted by atomic mass is 10.2. The summed E-state index contributed by atoms with van der Waals surface area (Å²) in [5.41, 5.74) is 2.60. The number of benzene rings is 1. The van der Waals surface area contributed by atoms with Gasteiger partial charge >= 0.3 is 6.30 Å². The molecule has 1 aliphatic rings. The van der Waals surface area contributed by atoms with Gasteiger partial charge in [-0.05, 0) is 25.0 Å². The summed E-state index contributed by atoms with van der Waals surface area (Å²) < 4.78 is 34.8. The number of hydrogen-bond acceptors (Lipinski definition) is 4. The van der Waals surface area contributed by atoms with Crippen LogP contribution < -0.4 is 16.2 Å². The SMILES string of the molecule is O=C(NNC(F)(F)F)c1ccccc1.O=C1NCCCCS1. The summed E-state index contributed by atoms with van der Waals surface area (Å²) in [6.07, 6.45) is -2.31.